The van der Waals surface area contributed by atoms with Gasteiger partial charge in [-0.2, -0.15) is 0 Å². The predicted molar refractivity (Wildman–Crippen MR) is 98.5 cm³/mol. The van der Waals surface area contributed by atoms with Crippen LogP contribution >= 0.6 is 22.9 Å². The lowest BCUT2D eigenvalue weighted by Crippen LogP contribution is -2.39. The van der Waals surface area contributed by atoms with Crippen LogP contribution in [0.1, 0.15) is 17.8 Å². The topological polar surface area (TPSA) is 61.4 Å². The van der Waals surface area contributed by atoms with Crippen LogP contribution in [0.3, 0.4) is 0 Å². The van der Waals surface area contributed by atoms with Crippen molar-refractivity contribution in [3.8, 4) is 0 Å². The highest BCUT2D eigenvalue weighted by Crippen LogP contribution is 2.17. The van der Waals surface area contributed by atoms with Crippen LogP contribution in [0.15, 0.2) is 41.8 Å². The van der Waals surface area contributed by atoms with E-state index in [2.05, 4.69) is 10.6 Å². The fourth-order valence-corrected chi connectivity index (χ4v) is 3.04. The van der Waals surface area contributed by atoms with Gasteiger partial charge < -0.3 is 10.6 Å². The average Bonchev–Trinajstić information content (AvgIpc) is 3.03. The average molecular weight is 366 g/mol. The number of anilines is 1. The van der Waals surface area contributed by atoms with Gasteiger partial charge in [-0.25, -0.2) is 0 Å². The molecule has 0 aliphatic heterocycles. The number of amides is 2. The van der Waals surface area contributed by atoms with Gasteiger partial charge in [-0.05, 0) is 49.7 Å². The third-order valence-electron chi connectivity index (χ3n) is 3.30. The Balaban J connectivity index is 1.75. The van der Waals surface area contributed by atoms with Crippen molar-refractivity contribution in [3.63, 3.8) is 0 Å². The number of hydrogen-bond donors (Lipinski definition) is 2. The Morgan fingerprint density at radius 3 is 2.46 bits per heavy atom. The molecule has 24 heavy (non-hydrogen) atoms. The molecule has 7 heteroatoms. The zero-order valence-electron chi connectivity index (χ0n) is 13.6. The highest BCUT2D eigenvalue weighted by atomic mass is 35.5. The summed E-state index contributed by atoms with van der Waals surface area (Å²) in [4.78, 5) is 26.8. The zero-order chi connectivity index (χ0) is 17.5. The highest BCUT2D eigenvalue weighted by molar-refractivity contribution is 7.10. The Hall–Kier alpha value is -1.89. The Morgan fingerprint density at radius 2 is 1.83 bits per heavy atom. The normalized spacial score (nSPS) is 12.0. The number of nitrogens with zero attached hydrogens (tertiary/aromatic N) is 1. The fraction of sp³-hybridized carbons (Fsp3) is 0.294. The lowest BCUT2D eigenvalue weighted by Gasteiger charge is -2.18. The van der Waals surface area contributed by atoms with E-state index in [1.54, 1.807) is 47.5 Å². The fourth-order valence-electron chi connectivity index (χ4n) is 2.18. The van der Waals surface area contributed by atoms with Gasteiger partial charge in [0, 0.05) is 15.6 Å². The van der Waals surface area contributed by atoms with Gasteiger partial charge in [-0.15, -0.1) is 11.3 Å². The Labute approximate surface area is 150 Å². The number of benzene rings is 1. The molecule has 1 heterocycles. The number of rotatable bonds is 7. The van der Waals surface area contributed by atoms with Crippen LogP contribution in [0.2, 0.25) is 5.02 Å². The standard InChI is InChI=1S/C17H20ClN3O2S/c1-12(15-4-3-9-24-15)19-16(22)10-21(2)11-17(23)20-14-7-5-13(18)6-8-14/h3-9,12H,10-11H2,1-2H3,(H,19,22)(H,20,23)/t12-/m0/s1. The van der Waals surface area contributed by atoms with E-state index in [9.17, 15) is 9.59 Å². The third-order valence-corrected chi connectivity index (χ3v) is 4.61. The Kier molecular flexibility index (Phi) is 6.78. The van der Waals surface area contributed by atoms with Crippen molar-refractivity contribution >= 4 is 40.4 Å². The molecule has 5 nitrogen and oxygen atoms in total. The lowest BCUT2D eigenvalue weighted by atomic mass is 10.2. The molecule has 1 aromatic heterocycles. The molecule has 0 fully saturated rings. The van der Waals surface area contributed by atoms with Crippen molar-refractivity contribution in [1.82, 2.24) is 10.2 Å². The minimum absolute atomic E-state index is 0.0335. The van der Waals surface area contributed by atoms with Gasteiger partial charge in [-0.3, -0.25) is 14.5 Å². The molecular weight excluding hydrogens is 346 g/mol. The van der Waals surface area contributed by atoms with Crippen molar-refractivity contribution in [2.24, 2.45) is 0 Å². The Bertz CT molecular complexity index is 674. The van der Waals surface area contributed by atoms with Gasteiger partial charge in [0.2, 0.25) is 11.8 Å². The molecule has 1 atom stereocenters. The Morgan fingerprint density at radius 1 is 1.17 bits per heavy atom. The number of thiophene rings is 1. The summed E-state index contributed by atoms with van der Waals surface area (Å²) in [6, 6.07) is 10.8. The minimum Gasteiger partial charge on any atom is -0.348 e. The monoisotopic (exact) mass is 365 g/mol. The van der Waals surface area contributed by atoms with Crippen molar-refractivity contribution in [1.29, 1.82) is 0 Å². The van der Waals surface area contributed by atoms with Gasteiger partial charge in [-0.1, -0.05) is 17.7 Å². The third kappa shape index (κ3) is 5.96. The van der Waals surface area contributed by atoms with E-state index in [-0.39, 0.29) is 30.9 Å². The summed E-state index contributed by atoms with van der Waals surface area (Å²) >= 11 is 7.41. The smallest absolute Gasteiger partial charge is 0.238 e. The molecule has 1 aromatic carbocycles. The molecule has 0 aliphatic carbocycles. The molecule has 0 bridgehead atoms. The first-order chi connectivity index (χ1) is 11.4. The molecule has 0 saturated carbocycles. The quantitative estimate of drug-likeness (QED) is 0.792. The van der Waals surface area contributed by atoms with Gasteiger partial charge in [0.15, 0.2) is 0 Å². The molecule has 2 amide bonds. The largest absolute Gasteiger partial charge is 0.348 e. The molecule has 2 aromatic rings. The van der Waals surface area contributed by atoms with Crippen LogP contribution in [0.4, 0.5) is 5.69 Å². The first kappa shape index (κ1) is 18.4. The van der Waals surface area contributed by atoms with Gasteiger partial charge in [0.05, 0.1) is 19.1 Å². The summed E-state index contributed by atoms with van der Waals surface area (Å²) in [6.45, 7) is 2.23. The van der Waals surface area contributed by atoms with E-state index in [0.29, 0.717) is 10.7 Å². The highest BCUT2D eigenvalue weighted by Gasteiger charge is 2.14. The zero-order valence-corrected chi connectivity index (χ0v) is 15.2. The van der Waals surface area contributed by atoms with E-state index < -0.39 is 0 Å². The van der Waals surface area contributed by atoms with Gasteiger partial charge in [0.25, 0.3) is 0 Å². The maximum atomic E-state index is 12.0. The summed E-state index contributed by atoms with van der Waals surface area (Å²) in [6.07, 6.45) is 0. The van der Waals surface area contributed by atoms with Crippen molar-refractivity contribution in [2.45, 2.75) is 13.0 Å². The van der Waals surface area contributed by atoms with Gasteiger partial charge in [0.1, 0.15) is 0 Å². The van der Waals surface area contributed by atoms with Gasteiger partial charge >= 0.3 is 0 Å². The minimum atomic E-state index is -0.182. The van der Waals surface area contributed by atoms with Crippen LogP contribution < -0.4 is 10.6 Å². The number of halogens is 1. The van der Waals surface area contributed by atoms with E-state index in [1.807, 2.05) is 24.4 Å². The summed E-state index contributed by atoms with van der Waals surface area (Å²) in [5, 5.41) is 8.28. The molecule has 2 rings (SSSR count). The van der Waals surface area contributed by atoms with Crippen LogP contribution in [-0.4, -0.2) is 36.9 Å². The van der Waals surface area contributed by atoms with Crippen LogP contribution in [0.25, 0.3) is 0 Å². The summed E-state index contributed by atoms with van der Waals surface area (Å²) in [5.74, 6) is -0.295. The van der Waals surface area contributed by atoms with E-state index in [4.69, 9.17) is 11.6 Å². The number of hydrogen-bond acceptors (Lipinski definition) is 4. The van der Waals surface area contributed by atoms with Crippen molar-refractivity contribution in [3.05, 3.63) is 51.7 Å². The molecule has 0 spiro atoms. The molecule has 0 aliphatic rings. The lowest BCUT2D eigenvalue weighted by molar-refractivity contribution is -0.123. The van der Waals surface area contributed by atoms with Crippen LogP contribution in [0, 0.1) is 0 Å². The molecular formula is C17H20ClN3O2S. The summed E-state index contributed by atoms with van der Waals surface area (Å²) < 4.78 is 0. The second kappa shape index (κ2) is 8.82. The van der Waals surface area contributed by atoms with Crippen molar-refractivity contribution < 1.29 is 9.59 Å². The maximum absolute atomic E-state index is 12.0. The molecule has 0 unspecified atom stereocenters. The summed E-state index contributed by atoms with van der Waals surface area (Å²) in [5.41, 5.74) is 0.675. The summed E-state index contributed by atoms with van der Waals surface area (Å²) in [7, 11) is 1.73. The number of likely N-dealkylation sites (N-methyl/N-ethyl adjacent to an activating group) is 1. The molecule has 0 saturated heterocycles. The van der Waals surface area contributed by atoms with Crippen LogP contribution in [-0.2, 0) is 9.59 Å². The van der Waals surface area contributed by atoms with Crippen LogP contribution in [0.5, 0.6) is 0 Å². The first-order valence-electron chi connectivity index (χ1n) is 7.51. The van der Waals surface area contributed by atoms with E-state index in [1.165, 1.54) is 0 Å². The predicted octanol–water partition coefficient (Wildman–Crippen LogP) is 3.15. The first-order valence-corrected chi connectivity index (χ1v) is 8.76. The SMILES string of the molecule is C[C@H](NC(=O)CN(C)CC(=O)Nc1ccc(Cl)cc1)c1cccs1. The van der Waals surface area contributed by atoms with E-state index >= 15 is 0 Å². The number of nitrogens with one attached hydrogen (secondary N) is 2. The maximum Gasteiger partial charge on any atom is 0.238 e. The molecule has 128 valence electrons. The molecule has 2 N–H and O–H groups in total. The number of carbonyl (C=O) groups is 2. The molecule has 0 radical (unpaired) electrons. The second-order valence-corrected chi connectivity index (χ2v) is 6.95. The number of carbonyl (C=O) groups excluding carboxylic acids is 2. The van der Waals surface area contributed by atoms with E-state index in [0.717, 1.165) is 4.88 Å². The second-order valence-electron chi connectivity index (χ2n) is 5.53. The van der Waals surface area contributed by atoms with Crippen molar-refractivity contribution in [2.75, 3.05) is 25.5 Å².